The number of nitrogens with zero attached hydrogens (tertiary/aromatic N) is 2. The summed E-state index contributed by atoms with van der Waals surface area (Å²) in [6, 6.07) is 11.3. The second-order valence-corrected chi connectivity index (χ2v) is 4.30. The summed E-state index contributed by atoms with van der Waals surface area (Å²) in [7, 11) is 3.53. The van der Waals surface area contributed by atoms with E-state index in [-0.39, 0.29) is 5.91 Å². The largest absolute Gasteiger partial charge is 0.372 e. The number of pyridine rings is 1. The molecular weight excluding hydrogens is 238 g/mol. The maximum absolute atomic E-state index is 12.5. The quantitative estimate of drug-likeness (QED) is 0.917. The number of anilines is 2. The zero-order chi connectivity index (χ0) is 13.8. The Morgan fingerprint density at radius 2 is 1.95 bits per heavy atom. The third kappa shape index (κ3) is 2.57. The summed E-state index contributed by atoms with van der Waals surface area (Å²) < 4.78 is 0. The molecule has 4 heteroatoms. The molecule has 1 N–H and O–H groups in total. The van der Waals surface area contributed by atoms with Crippen molar-refractivity contribution in [3.63, 3.8) is 0 Å². The molecule has 0 aliphatic heterocycles. The molecule has 1 heterocycles. The van der Waals surface area contributed by atoms with Crippen LogP contribution >= 0.6 is 0 Å². The van der Waals surface area contributed by atoms with Crippen molar-refractivity contribution in [1.29, 1.82) is 0 Å². The van der Waals surface area contributed by atoms with Gasteiger partial charge in [0, 0.05) is 26.0 Å². The summed E-state index contributed by atoms with van der Waals surface area (Å²) in [6.07, 6.45) is 1.66. The topological polar surface area (TPSA) is 45.2 Å². The van der Waals surface area contributed by atoms with Gasteiger partial charge < -0.3 is 10.2 Å². The van der Waals surface area contributed by atoms with Crippen molar-refractivity contribution in [3.8, 4) is 0 Å². The predicted octanol–water partition coefficient (Wildman–Crippen LogP) is 2.71. The number of carbonyl (C=O) groups excluding carboxylic acids is 1. The number of nitrogens with one attached hydrogen (secondary N) is 1. The molecule has 0 saturated heterocycles. The molecule has 1 amide bonds. The summed E-state index contributed by atoms with van der Waals surface area (Å²) in [5, 5.41) is 2.94. The first kappa shape index (κ1) is 13.1. The van der Waals surface area contributed by atoms with Gasteiger partial charge in [-0.2, -0.15) is 0 Å². The average Bonchev–Trinajstić information content (AvgIpc) is 2.46. The fraction of sp³-hybridized carbons (Fsp3) is 0.200. The van der Waals surface area contributed by atoms with Gasteiger partial charge in [0.25, 0.3) is 5.91 Å². The van der Waals surface area contributed by atoms with Crippen molar-refractivity contribution in [2.24, 2.45) is 0 Å². The lowest BCUT2D eigenvalue weighted by Gasteiger charge is -2.20. The Morgan fingerprint density at radius 3 is 2.63 bits per heavy atom. The van der Waals surface area contributed by atoms with Crippen LogP contribution in [-0.4, -0.2) is 25.0 Å². The fourth-order valence-electron chi connectivity index (χ4n) is 2.01. The summed E-state index contributed by atoms with van der Waals surface area (Å²) in [5.74, 6) is 0.514. The molecule has 0 spiro atoms. The number of hydrogen-bond acceptors (Lipinski definition) is 3. The van der Waals surface area contributed by atoms with Crippen molar-refractivity contribution >= 4 is 17.4 Å². The van der Waals surface area contributed by atoms with Crippen LogP contribution in [0.15, 0.2) is 42.6 Å². The smallest absolute Gasteiger partial charge is 0.261 e. The van der Waals surface area contributed by atoms with E-state index in [1.54, 1.807) is 37.3 Å². The molecule has 19 heavy (non-hydrogen) atoms. The minimum absolute atomic E-state index is 0.0771. The minimum atomic E-state index is -0.0771. The van der Waals surface area contributed by atoms with E-state index in [1.165, 1.54) is 0 Å². The molecule has 1 aromatic heterocycles. The summed E-state index contributed by atoms with van der Waals surface area (Å²) in [6.45, 7) is 1.99. The second-order valence-electron chi connectivity index (χ2n) is 4.30. The Hall–Kier alpha value is -2.36. The van der Waals surface area contributed by atoms with E-state index >= 15 is 0 Å². The highest BCUT2D eigenvalue weighted by atomic mass is 16.2. The van der Waals surface area contributed by atoms with E-state index in [4.69, 9.17) is 0 Å². The minimum Gasteiger partial charge on any atom is -0.372 e. The maximum Gasteiger partial charge on any atom is 0.261 e. The van der Waals surface area contributed by atoms with E-state index in [0.717, 1.165) is 11.3 Å². The predicted molar refractivity (Wildman–Crippen MR) is 77.7 cm³/mol. The molecule has 0 atom stereocenters. The molecule has 4 nitrogen and oxygen atoms in total. The summed E-state index contributed by atoms with van der Waals surface area (Å²) in [4.78, 5) is 18.3. The Labute approximate surface area is 113 Å². The second kappa shape index (κ2) is 5.52. The van der Waals surface area contributed by atoms with Crippen LogP contribution in [0.3, 0.4) is 0 Å². The lowest BCUT2D eigenvalue weighted by atomic mass is 10.1. The molecule has 0 aliphatic rings. The standard InChI is InChI=1S/C15H17N3O/c1-11-7-4-5-9-13(11)18(3)15(19)12-8-6-10-17-14(12)16-2/h4-10H,1-3H3,(H,16,17). The SMILES string of the molecule is CNc1ncccc1C(=O)N(C)c1ccccc1C. The van der Waals surface area contributed by atoms with Crippen LogP contribution in [0.4, 0.5) is 11.5 Å². The van der Waals surface area contributed by atoms with E-state index in [2.05, 4.69) is 10.3 Å². The molecule has 0 saturated carbocycles. The average molecular weight is 255 g/mol. The van der Waals surface area contributed by atoms with Crippen LogP contribution in [-0.2, 0) is 0 Å². The van der Waals surface area contributed by atoms with Crippen molar-refractivity contribution in [2.45, 2.75) is 6.92 Å². The number of benzene rings is 1. The number of aryl methyl sites for hydroxylation is 1. The van der Waals surface area contributed by atoms with Gasteiger partial charge in [-0.15, -0.1) is 0 Å². The van der Waals surface area contributed by atoms with Crippen molar-refractivity contribution in [1.82, 2.24) is 4.98 Å². The van der Waals surface area contributed by atoms with Gasteiger partial charge in [0.15, 0.2) is 0 Å². The summed E-state index contributed by atoms with van der Waals surface area (Å²) in [5.41, 5.74) is 2.53. The number of carbonyl (C=O) groups is 1. The van der Waals surface area contributed by atoms with Crippen LogP contribution < -0.4 is 10.2 Å². The van der Waals surface area contributed by atoms with Crippen LogP contribution in [0.5, 0.6) is 0 Å². The highest BCUT2D eigenvalue weighted by Gasteiger charge is 2.18. The van der Waals surface area contributed by atoms with Crippen molar-refractivity contribution in [3.05, 3.63) is 53.7 Å². The fourth-order valence-corrected chi connectivity index (χ4v) is 2.01. The van der Waals surface area contributed by atoms with E-state index in [0.29, 0.717) is 11.4 Å². The Balaban J connectivity index is 2.37. The van der Waals surface area contributed by atoms with Gasteiger partial charge in [-0.3, -0.25) is 4.79 Å². The van der Waals surface area contributed by atoms with Gasteiger partial charge in [-0.05, 0) is 30.7 Å². The molecule has 0 aliphatic carbocycles. The number of aromatic nitrogens is 1. The zero-order valence-electron chi connectivity index (χ0n) is 11.3. The molecule has 98 valence electrons. The van der Waals surface area contributed by atoms with E-state index < -0.39 is 0 Å². The first-order valence-electron chi connectivity index (χ1n) is 6.11. The van der Waals surface area contributed by atoms with Gasteiger partial charge in [0.1, 0.15) is 5.82 Å². The highest BCUT2D eigenvalue weighted by Crippen LogP contribution is 2.21. The van der Waals surface area contributed by atoms with Gasteiger partial charge >= 0.3 is 0 Å². The first-order valence-corrected chi connectivity index (χ1v) is 6.11. The van der Waals surface area contributed by atoms with Gasteiger partial charge in [0.2, 0.25) is 0 Å². The summed E-state index contributed by atoms with van der Waals surface area (Å²) >= 11 is 0. The molecule has 1 aromatic carbocycles. The third-order valence-electron chi connectivity index (χ3n) is 3.06. The van der Waals surface area contributed by atoms with Crippen LogP contribution in [0.25, 0.3) is 0 Å². The van der Waals surface area contributed by atoms with Crippen LogP contribution in [0.1, 0.15) is 15.9 Å². The Morgan fingerprint density at radius 1 is 1.21 bits per heavy atom. The number of para-hydroxylation sites is 1. The van der Waals surface area contributed by atoms with Gasteiger partial charge in [-0.1, -0.05) is 18.2 Å². The molecule has 0 bridgehead atoms. The van der Waals surface area contributed by atoms with E-state index in [1.807, 2.05) is 31.2 Å². The molecule has 0 radical (unpaired) electrons. The number of rotatable bonds is 3. The zero-order valence-corrected chi connectivity index (χ0v) is 11.3. The third-order valence-corrected chi connectivity index (χ3v) is 3.06. The van der Waals surface area contributed by atoms with Crippen LogP contribution in [0.2, 0.25) is 0 Å². The first-order chi connectivity index (χ1) is 9.15. The molecule has 2 rings (SSSR count). The van der Waals surface area contributed by atoms with Crippen molar-refractivity contribution < 1.29 is 4.79 Å². The molecular formula is C15H17N3O. The number of amides is 1. The van der Waals surface area contributed by atoms with Gasteiger partial charge in [0.05, 0.1) is 5.56 Å². The van der Waals surface area contributed by atoms with Crippen molar-refractivity contribution in [2.75, 3.05) is 24.3 Å². The Bertz CT molecular complexity index is 595. The molecule has 0 fully saturated rings. The normalized spacial score (nSPS) is 10.1. The lowest BCUT2D eigenvalue weighted by Crippen LogP contribution is -2.27. The van der Waals surface area contributed by atoms with Crippen LogP contribution in [0, 0.1) is 6.92 Å². The Kier molecular flexibility index (Phi) is 3.80. The maximum atomic E-state index is 12.5. The lowest BCUT2D eigenvalue weighted by molar-refractivity contribution is 0.0993. The monoisotopic (exact) mass is 255 g/mol. The molecule has 2 aromatic rings. The number of hydrogen-bond donors (Lipinski definition) is 1. The van der Waals surface area contributed by atoms with Gasteiger partial charge in [-0.25, -0.2) is 4.98 Å². The highest BCUT2D eigenvalue weighted by molar-refractivity contribution is 6.09. The molecule has 0 unspecified atom stereocenters. The van der Waals surface area contributed by atoms with E-state index in [9.17, 15) is 4.79 Å².